The normalized spacial score (nSPS) is 22.5. The molecular formula is C16H24N3O2. The maximum atomic E-state index is 11.8. The molecule has 1 heterocycles. The Bertz CT molecular complexity index is 450. The zero-order chi connectivity index (χ0) is 15.2. The van der Waals surface area contributed by atoms with Crippen LogP contribution < -0.4 is 11.1 Å². The first-order valence-corrected chi connectivity index (χ1v) is 7.29. The highest BCUT2D eigenvalue weighted by molar-refractivity contribution is 5.67. The molecule has 5 heteroatoms. The minimum atomic E-state index is -0.404. The maximum Gasteiger partial charge on any atom is 0.407 e. The predicted octanol–water partition coefficient (Wildman–Crippen LogP) is 1.54. The van der Waals surface area contributed by atoms with Gasteiger partial charge in [0, 0.05) is 25.7 Å². The van der Waals surface area contributed by atoms with E-state index in [1.165, 1.54) is 5.92 Å². The van der Waals surface area contributed by atoms with Crippen LogP contribution in [-0.4, -0.2) is 42.7 Å². The van der Waals surface area contributed by atoms with Gasteiger partial charge in [0.2, 0.25) is 0 Å². The zero-order valence-electron chi connectivity index (χ0n) is 12.7. The van der Waals surface area contributed by atoms with Gasteiger partial charge in [-0.1, -0.05) is 44.2 Å². The van der Waals surface area contributed by atoms with Crippen LogP contribution in [0.4, 0.5) is 4.79 Å². The van der Waals surface area contributed by atoms with Crippen molar-refractivity contribution < 1.29 is 9.53 Å². The molecule has 1 aromatic rings. The highest BCUT2D eigenvalue weighted by Crippen LogP contribution is 2.12. The van der Waals surface area contributed by atoms with E-state index in [4.69, 9.17) is 10.5 Å². The Hall–Kier alpha value is -1.59. The van der Waals surface area contributed by atoms with Crippen LogP contribution in [0.1, 0.15) is 19.4 Å². The van der Waals surface area contributed by atoms with E-state index in [0.717, 1.165) is 25.2 Å². The van der Waals surface area contributed by atoms with E-state index in [2.05, 4.69) is 24.1 Å². The lowest BCUT2D eigenvalue weighted by Gasteiger charge is -2.18. The Labute approximate surface area is 126 Å². The molecule has 0 aliphatic carbocycles. The van der Waals surface area contributed by atoms with Crippen molar-refractivity contribution in [2.75, 3.05) is 19.6 Å². The lowest BCUT2D eigenvalue weighted by atomic mass is 10.2. The summed E-state index contributed by atoms with van der Waals surface area (Å²) in [6.07, 6.45) is -0.404. The SMILES string of the molecule is C[C](C)CN1C[C@@H](N)[C@@H](NC(=O)OCc2ccccc2)C1. The maximum absolute atomic E-state index is 11.8. The van der Waals surface area contributed by atoms with Crippen molar-refractivity contribution in [1.29, 1.82) is 0 Å². The van der Waals surface area contributed by atoms with Gasteiger partial charge in [0.25, 0.3) is 0 Å². The quantitative estimate of drug-likeness (QED) is 0.863. The van der Waals surface area contributed by atoms with Gasteiger partial charge < -0.3 is 15.8 Å². The molecule has 0 bridgehead atoms. The van der Waals surface area contributed by atoms with Crippen LogP contribution in [0.3, 0.4) is 0 Å². The summed E-state index contributed by atoms with van der Waals surface area (Å²) in [5.74, 6) is 1.34. The average Bonchev–Trinajstić information content (AvgIpc) is 2.76. The first-order chi connectivity index (χ1) is 10.0. The van der Waals surface area contributed by atoms with Crippen molar-refractivity contribution >= 4 is 6.09 Å². The molecule has 0 spiro atoms. The van der Waals surface area contributed by atoms with E-state index < -0.39 is 6.09 Å². The second kappa shape index (κ2) is 7.43. The van der Waals surface area contributed by atoms with E-state index in [9.17, 15) is 4.79 Å². The van der Waals surface area contributed by atoms with E-state index >= 15 is 0 Å². The molecule has 2 rings (SSSR count). The second-order valence-electron chi connectivity index (χ2n) is 5.88. The summed E-state index contributed by atoms with van der Waals surface area (Å²) in [5, 5.41) is 2.87. The van der Waals surface area contributed by atoms with Crippen molar-refractivity contribution in [3.63, 3.8) is 0 Å². The monoisotopic (exact) mass is 290 g/mol. The fourth-order valence-electron chi connectivity index (χ4n) is 2.56. The second-order valence-corrected chi connectivity index (χ2v) is 5.88. The zero-order valence-corrected chi connectivity index (χ0v) is 12.7. The highest BCUT2D eigenvalue weighted by Gasteiger charge is 2.31. The number of amides is 1. The minimum absolute atomic E-state index is 0.0476. The molecule has 1 radical (unpaired) electrons. The molecule has 1 aromatic carbocycles. The molecule has 5 nitrogen and oxygen atoms in total. The minimum Gasteiger partial charge on any atom is -0.445 e. The van der Waals surface area contributed by atoms with Gasteiger partial charge in [-0.25, -0.2) is 4.79 Å². The first kappa shape index (κ1) is 15.8. The van der Waals surface area contributed by atoms with Crippen LogP contribution in [0.2, 0.25) is 0 Å². The van der Waals surface area contributed by atoms with Crippen LogP contribution in [0.25, 0.3) is 0 Å². The molecule has 0 aromatic heterocycles. The van der Waals surface area contributed by atoms with Crippen LogP contribution in [0, 0.1) is 5.92 Å². The van der Waals surface area contributed by atoms with Crippen LogP contribution in [-0.2, 0) is 11.3 Å². The number of rotatable bonds is 5. The fourth-order valence-corrected chi connectivity index (χ4v) is 2.56. The number of hydrogen-bond donors (Lipinski definition) is 2. The molecule has 3 N–H and O–H groups in total. The number of nitrogens with two attached hydrogens (primary N) is 1. The lowest BCUT2D eigenvalue weighted by Crippen LogP contribution is -2.46. The van der Waals surface area contributed by atoms with Crippen LogP contribution in [0.5, 0.6) is 0 Å². The van der Waals surface area contributed by atoms with Gasteiger partial charge in [-0.05, 0) is 11.5 Å². The topological polar surface area (TPSA) is 67.6 Å². The van der Waals surface area contributed by atoms with Gasteiger partial charge >= 0.3 is 6.09 Å². The highest BCUT2D eigenvalue weighted by atomic mass is 16.5. The average molecular weight is 290 g/mol. The largest absolute Gasteiger partial charge is 0.445 e. The molecule has 1 amide bonds. The summed E-state index contributed by atoms with van der Waals surface area (Å²) in [6, 6.07) is 9.53. The van der Waals surface area contributed by atoms with Crippen LogP contribution >= 0.6 is 0 Å². The Morgan fingerprint density at radius 3 is 2.71 bits per heavy atom. The standard InChI is InChI=1S/C16H24N3O2/c1-12(2)8-19-9-14(17)15(10-19)18-16(20)21-11-13-6-4-3-5-7-13/h3-7,14-15H,8-11,17H2,1-2H3,(H,18,20)/t14-,15+/m1/s1. The summed E-state index contributed by atoms with van der Waals surface area (Å²) in [4.78, 5) is 14.1. The lowest BCUT2D eigenvalue weighted by molar-refractivity contribution is 0.135. The fraction of sp³-hybridized carbons (Fsp3) is 0.500. The summed E-state index contributed by atoms with van der Waals surface area (Å²) < 4.78 is 5.23. The third-order valence-electron chi connectivity index (χ3n) is 3.50. The third-order valence-corrected chi connectivity index (χ3v) is 3.50. The van der Waals surface area contributed by atoms with Crippen LogP contribution in [0.15, 0.2) is 30.3 Å². The molecule has 0 unspecified atom stereocenters. The molecule has 1 fully saturated rings. The molecule has 0 saturated carbocycles. The van der Waals surface area contributed by atoms with E-state index in [-0.39, 0.29) is 18.7 Å². The summed E-state index contributed by atoms with van der Waals surface area (Å²) in [5.41, 5.74) is 7.05. The number of benzene rings is 1. The van der Waals surface area contributed by atoms with Crippen molar-refractivity contribution in [3.8, 4) is 0 Å². The van der Waals surface area contributed by atoms with Crippen molar-refractivity contribution in [3.05, 3.63) is 41.8 Å². The number of nitrogens with one attached hydrogen (secondary N) is 1. The van der Waals surface area contributed by atoms with Gasteiger partial charge in [-0.2, -0.15) is 0 Å². The smallest absolute Gasteiger partial charge is 0.407 e. The number of carbonyl (C=O) groups excluding carboxylic acids is 1. The predicted molar refractivity (Wildman–Crippen MR) is 82.6 cm³/mol. The summed E-state index contributed by atoms with van der Waals surface area (Å²) in [7, 11) is 0. The molecule has 1 saturated heterocycles. The van der Waals surface area contributed by atoms with E-state index in [1.54, 1.807) is 0 Å². The molecule has 115 valence electrons. The Kier molecular flexibility index (Phi) is 5.59. The van der Waals surface area contributed by atoms with Crippen molar-refractivity contribution in [2.24, 2.45) is 5.73 Å². The molecule has 2 atom stereocenters. The summed E-state index contributed by atoms with van der Waals surface area (Å²) in [6.45, 7) is 6.97. The van der Waals surface area contributed by atoms with Crippen molar-refractivity contribution in [1.82, 2.24) is 10.2 Å². The van der Waals surface area contributed by atoms with Gasteiger partial charge in [0.05, 0.1) is 6.04 Å². The molecule has 1 aliphatic heterocycles. The third kappa shape index (κ3) is 5.02. The number of hydrogen-bond acceptors (Lipinski definition) is 4. The first-order valence-electron chi connectivity index (χ1n) is 7.29. The number of carbonyl (C=O) groups is 1. The molecular weight excluding hydrogens is 266 g/mol. The van der Waals surface area contributed by atoms with Gasteiger partial charge in [-0.15, -0.1) is 0 Å². The van der Waals surface area contributed by atoms with Crippen molar-refractivity contribution in [2.45, 2.75) is 32.5 Å². The van der Waals surface area contributed by atoms with E-state index in [0.29, 0.717) is 0 Å². The van der Waals surface area contributed by atoms with Gasteiger partial charge in [0.1, 0.15) is 6.61 Å². The molecule has 21 heavy (non-hydrogen) atoms. The van der Waals surface area contributed by atoms with Gasteiger partial charge in [-0.3, -0.25) is 4.90 Å². The number of alkyl carbamates (subject to hydrolysis) is 1. The van der Waals surface area contributed by atoms with Gasteiger partial charge in [0.15, 0.2) is 0 Å². The molecule has 1 aliphatic rings. The Morgan fingerprint density at radius 2 is 2.05 bits per heavy atom. The summed E-state index contributed by atoms with van der Waals surface area (Å²) >= 11 is 0. The Morgan fingerprint density at radius 1 is 1.33 bits per heavy atom. The number of ether oxygens (including phenoxy) is 1. The van der Waals surface area contributed by atoms with E-state index in [1.807, 2.05) is 30.3 Å². The number of likely N-dealkylation sites (tertiary alicyclic amines) is 1. The number of nitrogens with zero attached hydrogens (tertiary/aromatic N) is 1. The Balaban J connectivity index is 1.75.